The summed E-state index contributed by atoms with van der Waals surface area (Å²) < 4.78 is 0.768. The van der Waals surface area contributed by atoms with Crippen LogP contribution < -0.4 is 11.3 Å². The van der Waals surface area contributed by atoms with E-state index in [9.17, 15) is 10.1 Å². The molecule has 0 fully saturated rings. The smallest absolute Gasteiger partial charge is 0.307 e. The third-order valence-electron chi connectivity index (χ3n) is 2.13. The molecule has 0 aliphatic carbocycles. The third kappa shape index (κ3) is 2.61. The maximum absolute atomic E-state index is 11.1. The SMILES string of the molecule is Cc1csc(Sc2cccc(NN)c2[N+](=O)[O-])n1. The van der Waals surface area contributed by atoms with Crippen molar-refractivity contribution in [2.24, 2.45) is 5.84 Å². The van der Waals surface area contributed by atoms with Crippen molar-refractivity contribution in [1.29, 1.82) is 0 Å². The van der Waals surface area contributed by atoms with E-state index in [0.29, 0.717) is 10.6 Å². The Morgan fingerprint density at radius 2 is 2.33 bits per heavy atom. The Morgan fingerprint density at radius 3 is 2.89 bits per heavy atom. The molecule has 0 saturated carbocycles. The molecule has 0 bridgehead atoms. The molecular formula is C10H10N4O2S2. The number of nitro benzene ring substituents is 1. The van der Waals surface area contributed by atoms with Gasteiger partial charge in [-0.15, -0.1) is 11.3 Å². The largest absolute Gasteiger partial charge is 0.318 e. The van der Waals surface area contributed by atoms with Gasteiger partial charge in [0.15, 0.2) is 4.34 Å². The number of thiazole rings is 1. The highest BCUT2D eigenvalue weighted by molar-refractivity contribution is 8.01. The molecule has 3 N–H and O–H groups in total. The first-order valence-corrected chi connectivity index (χ1v) is 6.65. The summed E-state index contributed by atoms with van der Waals surface area (Å²) in [7, 11) is 0. The molecule has 1 aromatic carbocycles. The summed E-state index contributed by atoms with van der Waals surface area (Å²) in [6.45, 7) is 1.88. The van der Waals surface area contributed by atoms with Gasteiger partial charge in [-0.1, -0.05) is 17.8 Å². The average Bonchev–Trinajstić information content (AvgIpc) is 2.74. The van der Waals surface area contributed by atoms with Gasteiger partial charge in [-0.05, 0) is 19.1 Å². The van der Waals surface area contributed by atoms with E-state index in [2.05, 4.69) is 10.4 Å². The normalized spacial score (nSPS) is 10.3. The van der Waals surface area contributed by atoms with Crippen molar-refractivity contribution < 1.29 is 4.92 Å². The molecule has 0 radical (unpaired) electrons. The maximum atomic E-state index is 11.1. The number of nitrogen functional groups attached to an aromatic ring is 1. The molecule has 1 aromatic heterocycles. The van der Waals surface area contributed by atoms with Crippen LogP contribution in [0.3, 0.4) is 0 Å². The molecule has 94 valence electrons. The van der Waals surface area contributed by atoms with Crippen molar-refractivity contribution >= 4 is 34.5 Å². The first kappa shape index (κ1) is 12.8. The Morgan fingerprint density at radius 1 is 1.56 bits per heavy atom. The standard InChI is InChI=1S/C10H10N4O2S2/c1-6-5-17-10(12-6)18-8-4-2-3-7(13-11)9(8)14(15)16/h2-5,13H,11H2,1H3. The zero-order valence-corrected chi connectivity index (χ0v) is 11.0. The van der Waals surface area contributed by atoms with Crippen molar-refractivity contribution in [2.45, 2.75) is 16.2 Å². The van der Waals surface area contributed by atoms with Crippen molar-refractivity contribution in [2.75, 3.05) is 5.43 Å². The van der Waals surface area contributed by atoms with Gasteiger partial charge in [0.1, 0.15) is 5.69 Å². The fourth-order valence-electron chi connectivity index (χ4n) is 1.38. The molecule has 0 amide bonds. The summed E-state index contributed by atoms with van der Waals surface area (Å²) in [5, 5.41) is 13.0. The van der Waals surface area contributed by atoms with E-state index in [4.69, 9.17) is 5.84 Å². The lowest BCUT2D eigenvalue weighted by Gasteiger charge is -2.05. The molecule has 6 nitrogen and oxygen atoms in total. The Labute approximate surface area is 111 Å². The van der Waals surface area contributed by atoms with E-state index in [1.54, 1.807) is 18.2 Å². The lowest BCUT2D eigenvalue weighted by atomic mass is 10.3. The van der Waals surface area contributed by atoms with Gasteiger partial charge in [-0.3, -0.25) is 16.0 Å². The van der Waals surface area contributed by atoms with E-state index in [1.807, 2.05) is 12.3 Å². The van der Waals surface area contributed by atoms with Crippen LogP contribution in [0, 0.1) is 17.0 Å². The van der Waals surface area contributed by atoms with E-state index in [1.165, 1.54) is 23.1 Å². The van der Waals surface area contributed by atoms with E-state index in [0.717, 1.165) is 10.0 Å². The second kappa shape index (κ2) is 5.34. The molecule has 0 aliphatic heterocycles. The highest BCUT2D eigenvalue weighted by Gasteiger charge is 2.20. The van der Waals surface area contributed by atoms with Crippen molar-refractivity contribution in [1.82, 2.24) is 4.98 Å². The number of aromatic nitrogens is 1. The molecule has 0 unspecified atom stereocenters. The number of nitrogens with two attached hydrogens (primary N) is 1. The summed E-state index contributed by atoms with van der Waals surface area (Å²) in [6.07, 6.45) is 0. The zero-order valence-electron chi connectivity index (χ0n) is 9.41. The van der Waals surface area contributed by atoms with Gasteiger partial charge in [0.2, 0.25) is 0 Å². The number of rotatable bonds is 4. The fraction of sp³-hybridized carbons (Fsp3) is 0.100. The predicted octanol–water partition coefficient (Wildman–Crippen LogP) is 2.80. The number of benzene rings is 1. The number of hydrogen-bond acceptors (Lipinski definition) is 7. The van der Waals surface area contributed by atoms with Crippen LogP contribution in [0.2, 0.25) is 0 Å². The number of anilines is 1. The Balaban J connectivity index is 2.41. The van der Waals surface area contributed by atoms with Crippen molar-refractivity contribution in [3.8, 4) is 0 Å². The van der Waals surface area contributed by atoms with Crippen LogP contribution in [0.1, 0.15) is 5.69 Å². The van der Waals surface area contributed by atoms with Gasteiger partial charge in [0.05, 0.1) is 9.82 Å². The summed E-state index contributed by atoms with van der Waals surface area (Å²) in [5.41, 5.74) is 3.50. The molecule has 1 heterocycles. The molecule has 18 heavy (non-hydrogen) atoms. The number of hydrogen-bond donors (Lipinski definition) is 2. The van der Waals surface area contributed by atoms with E-state index in [-0.39, 0.29) is 5.69 Å². The van der Waals surface area contributed by atoms with Gasteiger partial charge in [0, 0.05) is 11.1 Å². The summed E-state index contributed by atoms with van der Waals surface area (Å²) in [4.78, 5) is 15.4. The summed E-state index contributed by atoms with van der Waals surface area (Å²) in [5.74, 6) is 5.28. The summed E-state index contributed by atoms with van der Waals surface area (Å²) >= 11 is 2.72. The van der Waals surface area contributed by atoms with Gasteiger partial charge < -0.3 is 5.43 Å². The molecule has 8 heteroatoms. The first-order valence-electron chi connectivity index (χ1n) is 4.96. The topological polar surface area (TPSA) is 94.1 Å². The number of nitrogens with zero attached hydrogens (tertiary/aromatic N) is 2. The van der Waals surface area contributed by atoms with Crippen LogP contribution >= 0.6 is 23.1 Å². The van der Waals surface area contributed by atoms with Crippen LogP contribution in [0.25, 0.3) is 0 Å². The Kier molecular flexibility index (Phi) is 3.80. The van der Waals surface area contributed by atoms with Crippen molar-refractivity contribution in [3.63, 3.8) is 0 Å². The quantitative estimate of drug-likeness (QED) is 0.508. The van der Waals surface area contributed by atoms with Gasteiger partial charge in [0.25, 0.3) is 0 Å². The van der Waals surface area contributed by atoms with Gasteiger partial charge in [-0.2, -0.15) is 0 Å². The molecule has 0 atom stereocenters. The Bertz CT molecular complexity index is 585. The highest BCUT2D eigenvalue weighted by atomic mass is 32.2. The van der Waals surface area contributed by atoms with Crippen LogP contribution in [0.4, 0.5) is 11.4 Å². The van der Waals surface area contributed by atoms with Crippen LogP contribution in [0.5, 0.6) is 0 Å². The predicted molar refractivity (Wildman–Crippen MR) is 71.9 cm³/mol. The number of hydrazine groups is 1. The number of aryl methyl sites for hydroxylation is 1. The summed E-state index contributed by atoms with van der Waals surface area (Å²) in [6, 6.07) is 4.96. The minimum atomic E-state index is -0.446. The molecule has 2 aromatic rings. The van der Waals surface area contributed by atoms with Crippen molar-refractivity contribution in [3.05, 3.63) is 39.4 Å². The maximum Gasteiger partial charge on any atom is 0.307 e. The molecule has 0 aliphatic rings. The number of para-hydroxylation sites is 1. The molecular weight excluding hydrogens is 272 g/mol. The zero-order chi connectivity index (χ0) is 13.1. The monoisotopic (exact) mass is 282 g/mol. The van der Waals surface area contributed by atoms with Crippen LogP contribution in [-0.4, -0.2) is 9.91 Å². The average molecular weight is 282 g/mol. The minimum absolute atomic E-state index is 0.0298. The van der Waals surface area contributed by atoms with Crippen LogP contribution in [-0.2, 0) is 0 Å². The molecule has 2 rings (SSSR count). The Hall–Kier alpha value is -1.64. The van der Waals surface area contributed by atoms with E-state index < -0.39 is 4.92 Å². The lowest BCUT2D eigenvalue weighted by molar-refractivity contribution is -0.386. The van der Waals surface area contributed by atoms with Gasteiger partial charge in [-0.25, -0.2) is 4.98 Å². The second-order valence-corrected chi connectivity index (χ2v) is 5.56. The number of nitrogens with one attached hydrogen (secondary N) is 1. The lowest BCUT2D eigenvalue weighted by Crippen LogP contribution is -2.09. The van der Waals surface area contributed by atoms with Crippen LogP contribution in [0.15, 0.2) is 32.8 Å². The number of nitro groups is 1. The van der Waals surface area contributed by atoms with Gasteiger partial charge >= 0.3 is 5.69 Å². The highest BCUT2D eigenvalue weighted by Crippen LogP contribution is 2.39. The third-order valence-corrected chi connectivity index (χ3v) is 4.24. The van der Waals surface area contributed by atoms with E-state index >= 15 is 0 Å². The fourth-order valence-corrected chi connectivity index (χ4v) is 3.32. The first-order chi connectivity index (χ1) is 8.61. The minimum Gasteiger partial charge on any atom is -0.318 e. The molecule has 0 spiro atoms. The molecule has 0 saturated heterocycles. The second-order valence-electron chi connectivity index (χ2n) is 3.41.